The van der Waals surface area contributed by atoms with Crippen molar-refractivity contribution in [3.8, 4) is 28.0 Å². The SMILES string of the molecule is CCCCCc1ccc(-c2ccc(-c3ccc(OC)cc3)cc2F)cc1. The van der Waals surface area contributed by atoms with Crippen LogP contribution in [0.25, 0.3) is 22.3 Å². The van der Waals surface area contributed by atoms with E-state index in [0.717, 1.165) is 28.9 Å². The van der Waals surface area contributed by atoms with Gasteiger partial charge in [-0.05, 0) is 53.3 Å². The molecule has 0 aliphatic rings. The molecule has 0 saturated heterocycles. The van der Waals surface area contributed by atoms with Crippen LogP contribution in [0.4, 0.5) is 4.39 Å². The van der Waals surface area contributed by atoms with Crippen molar-refractivity contribution < 1.29 is 9.13 Å². The second kappa shape index (κ2) is 8.66. The fourth-order valence-corrected chi connectivity index (χ4v) is 3.14. The molecule has 3 aromatic carbocycles. The van der Waals surface area contributed by atoms with Crippen LogP contribution in [-0.2, 0) is 6.42 Å². The monoisotopic (exact) mass is 348 g/mol. The van der Waals surface area contributed by atoms with E-state index >= 15 is 0 Å². The average molecular weight is 348 g/mol. The molecule has 0 atom stereocenters. The summed E-state index contributed by atoms with van der Waals surface area (Å²) in [5.74, 6) is 0.599. The number of hydrogen-bond donors (Lipinski definition) is 0. The fraction of sp³-hybridized carbons (Fsp3) is 0.250. The summed E-state index contributed by atoms with van der Waals surface area (Å²) < 4.78 is 19.9. The van der Waals surface area contributed by atoms with Gasteiger partial charge in [0.2, 0.25) is 0 Å². The molecular formula is C24H25FO. The highest BCUT2D eigenvalue weighted by atomic mass is 19.1. The van der Waals surface area contributed by atoms with Gasteiger partial charge in [0.25, 0.3) is 0 Å². The second-order valence-corrected chi connectivity index (χ2v) is 6.58. The molecule has 26 heavy (non-hydrogen) atoms. The summed E-state index contributed by atoms with van der Waals surface area (Å²) in [5.41, 5.74) is 4.72. The predicted octanol–water partition coefficient (Wildman–Crippen LogP) is 6.90. The number of ether oxygens (including phenoxy) is 1. The Balaban J connectivity index is 1.78. The normalized spacial score (nSPS) is 10.7. The molecule has 0 spiro atoms. The van der Waals surface area contributed by atoms with E-state index in [-0.39, 0.29) is 5.82 Å². The summed E-state index contributed by atoms with van der Waals surface area (Å²) in [6.45, 7) is 2.21. The van der Waals surface area contributed by atoms with Gasteiger partial charge in [-0.3, -0.25) is 0 Å². The number of aryl methyl sites for hydroxylation is 1. The third-order valence-corrected chi connectivity index (χ3v) is 4.73. The van der Waals surface area contributed by atoms with E-state index < -0.39 is 0 Å². The number of rotatable bonds is 7. The van der Waals surface area contributed by atoms with Gasteiger partial charge in [-0.25, -0.2) is 4.39 Å². The van der Waals surface area contributed by atoms with Crippen LogP contribution in [0.3, 0.4) is 0 Å². The van der Waals surface area contributed by atoms with Crippen LogP contribution in [-0.4, -0.2) is 7.11 Å². The Hall–Kier alpha value is -2.61. The van der Waals surface area contributed by atoms with Gasteiger partial charge >= 0.3 is 0 Å². The van der Waals surface area contributed by atoms with Crippen LogP contribution in [0.1, 0.15) is 31.7 Å². The minimum absolute atomic E-state index is 0.197. The molecule has 0 unspecified atom stereocenters. The molecule has 0 heterocycles. The van der Waals surface area contributed by atoms with Crippen LogP contribution in [0.15, 0.2) is 66.7 Å². The molecular weight excluding hydrogens is 323 g/mol. The zero-order valence-corrected chi connectivity index (χ0v) is 15.5. The van der Waals surface area contributed by atoms with Crippen LogP contribution in [0.5, 0.6) is 5.75 Å². The molecule has 0 aromatic heterocycles. The topological polar surface area (TPSA) is 9.23 Å². The molecule has 0 amide bonds. The van der Waals surface area contributed by atoms with Crippen LogP contribution < -0.4 is 4.74 Å². The van der Waals surface area contributed by atoms with E-state index in [0.29, 0.717) is 5.56 Å². The summed E-state index contributed by atoms with van der Waals surface area (Å²) in [6, 6.07) is 21.4. The Morgan fingerprint density at radius 1 is 0.769 bits per heavy atom. The van der Waals surface area contributed by atoms with Gasteiger partial charge in [0.1, 0.15) is 11.6 Å². The molecule has 2 heteroatoms. The fourth-order valence-electron chi connectivity index (χ4n) is 3.14. The second-order valence-electron chi connectivity index (χ2n) is 6.58. The summed E-state index contributed by atoms with van der Waals surface area (Å²) >= 11 is 0. The lowest BCUT2D eigenvalue weighted by molar-refractivity contribution is 0.415. The van der Waals surface area contributed by atoms with Crippen molar-refractivity contribution in [1.29, 1.82) is 0 Å². The number of halogens is 1. The highest BCUT2D eigenvalue weighted by Crippen LogP contribution is 2.29. The van der Waals surface area contributed by atoms with Gasteiger partial charge in [0, 0.05) is 5.56 Å². The standard InChI is InChI=1S/C24H25FO/c1-3-4-5-6-18-7-9-20(10-8-18)23-16-13-21(17-24(23)25)19-11-14-22(26-2)15-12-19/h7-17H,3-6H2,1-2H3. The van der Waals surface area contributed by atoms with E-state index in [2.05, 4.69) is 19.1 Å². The first-order chi connectivity index (χ1) is 12.7. The minimum Gasteiger partial charge on any atom is -0.497 e. The molecule has 0 saturated carbocycles. The zero-order valence-electron chi connectivity index (χ0n) is 15.5. The maximum Gasteiger partial charge on any atom is 0.131 e. The van der Waals surface area contributed by atoms with Crippen molar-refractivity contribution in [2.24, 2.45) is 0 Å². The van der Waals surface area contributed by atoms with E-state index in [1.165, 1.54) is 24.8 Å². The summed E-state index contributed by atoms with van der Waals surface area (Å²) in [5, 5.41) is 0. The molecule has 1 nitrogen and oxygen atoms in total. The highest BCUT2D eigenvalue weighted by molar-refractivity contribution is 5.71. The predicted molar refractivity (Wildman–Crippen MR) is 107 cm³/mol. The van der Waals surface area contributed by atoms with Crippen molar-refractivity contribution in [2.45, 2.75) is 32.6 Å². The van der Waals surface area contributed by atoms with Crippen molar-refractivity contribution in [2.75, 3.05) is 7.11 Å². The smallest absolute Gasteiger partial charge is 0.131 e. The van der Waals surface area contributed by atoms with Crippen LogP contribution >= 0.6 is 0 Å². The molecule has 134 valence electrons. The van der Waals surface area contributed by atoms with E-state index in [1.54, 1.807) is 13.2 Å². The van der Waals surface area contributed by atoms with Crippen molar-refractivity contribution in [3.63, 3.8) is 0 Å². The first-order valence-corrected chi connectivity index (χ1v) is 9.24. The third kappa shape index (κ3) is 4.32. The third-order valence-electron chi connectivity index (χ3n) is 4.73. The molecule has 0 N–H and O–H groups in total. The minimum atomic E-state index is -0.197. The number of hydrogen-bond acceptors (Lipinski definition) is 1. The quantitative estimate of drug-likeness (QED) is 0.422. The zero-order chi connectivity index (χ0) is 18.4. The molecule has 0 aliphatic carbocycles. The lowest BCUT2D eigenvalue weighted by atomic mass is 9.98. The number of unbranched alkanes of at least 4 members (excludes halogenated alkanes) is 2. The first-order valence-electron chi connectivity index (χ1n) is 9.24. The first kappa shape index (κ1) is 18.2. The van der Waals surface area contributed by atoms with Gasteiger partial charge in [0.15, 0.2) is 0 Å². The Labute approximate surface area is 155 Å². The van der Waals surface area contributed by atoms with Gasteiger partial charge in [-0.1, -0.05) is 68.3 Å². The Bertz CT molecular complexity index is 835. The number of benzene rings is 3. The molecule has 0 aliphatic heterocycles. The van der Waals surface area contributed by atoms with Gasteiger partial charge in [-0.15, -0.1) is 0 Å². The lowest BCUT2D eigenvalue weighted by Gasteiger charge is -2.09. The maximum atomic E-state index is 14.7. The molecule has 0 radical (unpaired) electrons. The largest absolute Gasteiger partial charge is 0.497 e. The van der Waals surface area contributed by atoms with Crippen molar-refractivity contribution >= 4 is 0 Å². The molecule has 0 fully saturated rings. The average Bonchev–Trinajstić information content (AvgIpc) is 2.69. The maximum absolute atomic E-state index is 14.7. The van der Waals surface area contributed by atoms with E-state index in [4.69, 9.17) is 4.74 Å². The van der Waals surface area contributed by atoms with Gasteiger partial charge in [-0.2, -0.15) is 0 Å². The number of methoxy groups -OCH3 is 1. The van der Waals surface area contributed by atoms with E-state index in [1.807, 2.05) is 48.5 Å². The lowest BCUT2D eigenvalue weighted by Crippen LogP contribution is -1.89. The van der Waals surface area contributed by atoms with Crippen molar-refractivity contribution in [3.05, 3.63) is 78.1 Å². The van der Waals surface area contributed by atoms with Gasteiger partial charge < -0.3 is 4.74 Å². The Morgan fingerprint density at radius 2 is 1.42 bits per heavy atom. The van der Waals surface area contributed by atoms with Crippen LogP contribution in [0.2, 0.25) is 0 Å². The van der Waals surface area contributed by atoms with Crippen molar-refractivity contribution in [1.82, 2.24) is 0 Å². The summed E-state index contributed by atoms with van der Waals surface area (Å²) in [4.78, 5) is 0. The molecule has 3 rings (SSSR count). The molecule has 0 bridgehead atoms. The summed E-state index contributed by atoms with van der Waals surface area (Å²) in [7, 11) is 1.64. The van der Waals surface area contributed by atoms with Crippen LogP contribution in [0, 0.1) is 5.82 Å². The summed E-state index contributed by atoms with van der Waals surface area (Å²) in [6.07, 6.45) is 4.78. The Morgan fingerprint density at radius 3 is 2.04 bits per heavy atom. The molecule has 3 aromatic rings. The Kier molecular flexibility index (Phi) is 6.06. The van der Waals surface area contributed by atoms with E-state index in [9.17, 15) is 4.39 Å². The highest BCUT2D eigenvalue weighted by Gasteiger charge is 2.08. The van der Waals surface area contributed by atoms with Gasteiger partial charge in [0.05, 0.1) is 7.11 Å².